The van der Waals surface area contributed by atoms with Crippen molar-refractivity contribution in [1.82, 2.24) is 10.1 Å². The molecule has 1 heterocycles. The van der Waals surface area contributed by atoms with E-state index in [0.717, 1.165) is 17.3 Å². The van der Waals surface area contributed by atoms with E-state index in [1.54, 1.807) is 11.9 Å². The van der Waals surface area contributed by atoms with Crippen molar-refractivity contribution in [2.75, 3.05) is 14.2 Å². The molecule has 0 atom stereocenters. The lowest BCUT2D eigenvalue weighted by atomic mass is 10.1. The molecule has 0 fully saturated rings. The molecule has 1 aromatic heterocycles. The number of hydrogen-bond acceptors (Lipinski definition) is 4. The van der Waals surface area contributed by atoms with Gasteiger partial charge < -0.3 is 9.26 Å². The number of methoxy groups -OCH3 is 1. The molecule has 0 spiro atoms. The first-order valence-corrected chi connectivity index (χ1v) is 7.79. The van der Waals surface area contributed by atoms with Crippen LogP contribution in [0.2, 0.25) is 0 Å². The largest absolute Gasteiger partial charge is 0.496 e. The van der Waals surface area contributed by atoms with Crippen molar-refractivity contribution in [3.8, 4) is 17.0 Å². The maximum atomic E-state index is 14.1. The quantitative estimate of drug-likeness (QED) is 0.670. The summed E-state index contributed by atoms with van der Waals surface area (Å²) < 4.78 is 38.0. The smallest absolute Gasteiger partial charge is 0.167 e. The molecular weight excluding hydrogens is 326 g/mol. The van der Waals surface area contributed by atoms with Gasteiger partial charge in [-0.1, -0.05) is 35.5 Å². The number of rotatable bonds is 6. The van der Waals surface area contributed by atoms with Crippen molar-refractivity contribution in [2.45, 2.75) is 13.1 Å². The maximum absolute atomic E-state index is 14.1. The highest BCUT2D eigenvalue weighted by Crippen LogP contribution is 2.26. The van der Waals surface area contributed by atoms with E-state index in [4.69, 9.17) is 9.26 Å². The van der Waals surface area contributed by atoms with E-state index in [9.17, 15) is 8.78 Å². The third kappa shape index (κ3) is 3.85. The van der Waals surface area contributed by atoms with Gasteiger partial charge in [0.1, 0.15) is 11.4 Å². The van der Waals surface area contributed by atoms with Gasteiger partial charge >= 0.3 is 0 Å². The van der Waals surface area contributed by atoms with Gasteiger partial charge in [-0.3, -0.25) is 4.90 Å². The molecular formula is C19H18F2N2O2. The van der Waals surface area contributed by atoms with Crippen molar-refractivity contribution >= 4 is 0 Å². The highest BCUT2D eigenvalue weighted by atomic mass is 19.2. The molecule has 0 unspecified atom stereocenters. The summed E-state index contributed by atoms with van der Waals surface area (Å²) in [4.78, 5) is 1.80. The van der Waals surface area contributed by atoms with Crippen LogP contribution in [0.15, 0.2) is 53.1 Å². The van der Waals surface area contributed by atoms with Crippen LogP contribution < -0.4 is 4.74 Å². The van der Waals surface area contributed by atoms with Crippen LogP contribution >= 0.6 is 0 Å². The number of nitrogens with zero attached hydrogens (tertiary/aromatic N) is 2. The van der Waals surface area contributed by atoms with E-state index >= 15 is 0 Å². The van der Waals surface area contributed by atoms with Gasteiger partial charge in [0, 0.05) is 23.7 Å². The van der Waals surface area contributed by atoms with Crippen molar-refractivity contribution < 1.29 is 18.0 Å². The molecule has 3 aromatic rings. The Labute approximate surface area is 144 Å². The van der Waals surface area contributed by atoms with Crippen molar-refractivity contribution in [3.05, 3.63) is 71.5 Å². The van der Waals surface area contributed by atoms with E-state index in [0.29, 0.717) is 18.1 Å². The normalized spacial score (nSPS) is 11.1. The highest BCUT2D eigenvalue weighted by Gasteiger charge is 2.17. The van der Waals surface area contributed by atoms with Gasteiger partial charge in [0.25, 0.3) is 0 Å². The second kappa shape index (κ2) is 7.44. The Morgan fingerprint density at radius 3 is 2.56 bits per heavy atom. The Morgan fingerprint density at radius 2 is 1.84 bits per heavy atom. The van der Waals surface area contributed by atoms with Gasteiger partial charge in [-0.25, -0.2) is 8.78 Å². The van der Waals surface area contributed by atoms with Crippen molar-refractivity contribution in [3.63, 3.8) is 0 Å². The zero-order chi connectivity index (χ0) is 17.8. The van der Waals surface area contributed by atoms with Crippen LogP contribution in [0.1, 0.15) is 11.3 Å². The Kier molecular flexibility index (Phi) is 5.09. The monoisotopic (exact) mass is 344 g/mol. The highest BCUT2D eigenvalue weighted by molar-refractivity contribution is 5.58. The predicted octanol–water partition coefficient (Wildman–Crippen LogP) is 4.26. The summed E-state index contributed by atoms with van der Waals surface area (Å²) in [6.45, 7) is 0.576. The van der Waals surface area contributed by atoms with Gasteiger partial charge in [-0.15, -0.1) is 0 Å². The lowest BCUT2D eigenvalue weighted by molar-refractivity contribution is 0.258. The first-order valence-electron chi connectivity index (χ1n) is 7.79. The number of halogens is 2. The van der Waals surface area contributed by atoms with E-state index in [-0.39, 0.29) is 12.1 Å². The zero-order valence-electron chi connectivity index (χ0n) is 14.0. The van der Waals surface area contributed by atoms with Gasteiger partial charge in [-0.05, 0) is 19.2 Å². The lowest BCUT2D eigenvalue weighted by Crippen LogP contribution is -2.18. The molecule has 130 valence electrons. The third-order valence-electron chi connectivity index (χ3n) is 3.86. The Hall–Kier alpha value is -2.73. The number of hydrogen-bond donors (Lipinski definition) is 0. The molecule has 0 saturated carbocycles. The summed E-state index contributed by atoms with van der Waals surface area (Å²) in [5, 5.41) is 4.05. The molecule has 25 heavy (non-hydrogen) atoms. The Bertz CT molecular complexity index is 850. The number of benzene rings is 2. The van der Waals surface area contributed by atoms with Crippen LogP contribution in [0.25, 0.3) is 11.3 Å². The first-order chi connectivity index (χ1) is 12.1. The van der Waals surface area contributed by atoms with Crippen LogP contribution in [0, 0.1) is 11.6 Å². The van der Waals surface area contributed by atoms with Crippen LogP contribution in [0.3, 0.4) is 0 Å². The summed E-state index contributed by atoms with van der Waals surface area (Å²) in [6, 6.07) is 14.0. The molecule has 4 nitrogen and oxygen atoms in total. The second-order valence-corrected chi connectivity index (χ2v) is 5.76. The Morgan fingerprint density at radius 1 is 1.08 bits per heavy atom. The van der Waals surface area contributed by atoms with Gasteiger partial charge in [0.15, 0.2) is 17.4 Å². The molecule has 0 saturated heterocycles. The molecule has 0 radical (unpaired) electrons. The van der Waals surface area contributed by atoms with Gasteiger partial charge in [0.05, 0.1) is 13.7 Å². The Balaban J connectivity index is 1.73. The van der Waals surface area contributed by atoms with Crippen LogP contribution in [0.5, 0.6) is 5.75 Å². The molecule has 0 N–H and O–H groups in total. The van der Waals surface area contributed by atoms with E-state index in [2.05, 4.69) is 5.16 Å². The molecule has 0 amide bonds. The van der Waals surface area contributed by atoms with E-state index in [1.165, 1.54) is 13.2 Å². The molecule has 3 rings (SSSR count). The second-order valence-electron chi connectivity index (χ2n) is 5.76. The summed E-state index contributed by atoms with van der Waals surface area (Å²) >= 11 is 0. The first kappa shape index (κ1) is 17.1. The minimum atomic E-state index is -0.895. The summed E-state index contributed by atoms with van der Waals surface area (Å²) in [5.41, 5.74) is 1.87. The van der Waals surface area contributed by atoms with Crippen molar-refractivity contribution in [2.24, 2.45) is 0 Å². The van der Waals surface area contributed by atoms with Crippen LogP contribution in [0.4, 0.5) is 8.78 Å². The van der Waals surface area contributed by atoms with Crippen LogP contribution in [-0.2, 0) is 13.1 Å². The summed E-state index contributed by atoms with van der Waals surface area (Å²) in [7, 11) is 3.22. The summed E-state index contributed by atoms with van der Waals surface area (Å²) in [5.74, 6) is -0.839. The lowest BCUT2D eigenvalue weighted by Gasteiger charge is -2.17. The predicted molar refractivity (Wildman–Crippen MR) is 90.0 cm³/mol. The standard InChI is InChI=1S/C19H18F2N2O2/c1-23(12-15-18(24-2)9-8-16(20)19(15)21)11-14-10-17(22-25-14)13-6-4-3-5-7-13/h3-10H,11-12H2,1-2H3. The SMILES string of the molecule is COc1ccc(F)c(F)c1CN(C)Cc1cc(-c2ccccc2)no1. The average Bonchev–Trinajstić information content (AvgIpc) is 3.08. The van der Waals surface area contributed by atoms with Crippen molar-refractivity contribution in [1.29, 1.82) is 0 Å². The molecule has 6 heteroatoms. The fourth-order valence-electron chi connectivity index (χ4n) is 2.64. The third-order valence-corrected chi connectivity index (χ3v) is 3.86. The number of aromatic nitrogens is 1. The minimum absolute atomic E-state index is 0.174. The fraction of sp³-hybridized carbons (Fsp3) is 0.211. The van der Waals surface area contributed by atoms with Crippen LogP contribution in [-0.4, -0.2) is 24.2 Å². The molecule has 0 aliphatic rings. The molecule has 0 aliphatic heterocycles. The topological polar surface area (TPSA) is 38.5 Å². The molecule has 0 aliphatic carbocycles. The summed E-state index contributed by atoms with van der Waals surface area (Å²) in [6.07, 6.45) is 0. The average molecular weight is 344 g/mol. The van der Waals surface area contributed by atoms with E-state index in [1.807, 2.05) is 36.4 Å². The number of ether oxygens (including phenoxy) is 1. The minimum Gasteiger partial charge on any atom is -0.496 e. The molecule has 0 bridgehead atoms. The maximum Gasteiger partial charge on any atom is 0.167 e. The molecule has 2 aromatic carbocycles. The van der Waals surface area contributed by atoms with Gasteiger partial charge in [0.2, 0.25) is 0 Å². The fourth-order valence-corrected chi connectivity index (χ4v) is 2.64. The zero-order valence-corrected chi connectivity index (χ0v) is 14.0. The van der Waals surface area contributed by atoms with Gasteiger partial charge in [-0.2, -0.15) is 0 Å². The van der Waals surface area contributed by atoms with E-state index < -0.39 is 11.6 Å².